The number of halogens is 1. The summed E-state index contributed by atoms with van der Waals surface area (Å²) >= 11 is 1.14. The lowest BCUT2D eigenvalue weighted by atomic mass is 10.1. The fourth-order valence-electron chi connectivity index (χ4n) is 3.96. The van der Waals surface area contributed by atoms with Gasteiger partial charge in [-0.05, 0) is 61.9 Å². The van der Waals surface area contributed by atoms with Crippen LogP contribution in [0.3, 0.4) is 0 Å². The minimum Gasteiger partial charge on any atom is -0.495 e. The molecule has 170 valence electrons. The zero-order valence-corrected chi connectivity index (χ0v) is 19.8. The molecule has 1 fully saturated rings. The number of thiophene rings is 1. The van der Waals surface area contributed by atoms with Crippen LogP contribution in [0.4, 0.5) is 15.8 Å². The molecule has 0 amide bonds. The highest BCUT2D eigenvalue weighted by molar-refractivity contribution is 7.94. The first kappa shape index (κ1) is 22.6. The van der Waals surface area contributed by atoms with Crippen LogP contribution in [0.2, 0.25) is 0 Å². The second-order valence-corrected chi connectivity index (χ2v) is 11.0. The van der Waals surface area contributed by atoms with Gasteiger partial charge in [-0.3, -0.25) is 4.72 Å². The minimum absolute atomic E-state index is 0.193. The highest BCUT2D eigenvalue weighted by Gasteiger charge is 2.24. The Morgan fingerprint density at radius 1 is 1.06 bits per heavy atom. The molecule has 1 saturated heterocycles. The number of piperazine rings is 1. The molecule has 2 heterocycles. The Bertz CT molecular complexity index is 1190. The summed E-state index contributed by atoms with van der Waals surface area (Å²) in [5, 5.41) is 3.50. The van der Waals surface area contributed by atoms with E-state index in [9.17, 15) is 12.8 Å². The van der Waals surface area contributed by atoms with Crippen molar-refractivity contribution in [3.8, 4) is 16.2 Å². The molecular weight excluding hydrogens is 449 g/mol. The summed E-state index contributed by atoms with van der Waals surface area (Å²) in [6.07, 6.45) is 0. The van der Waals surface area contributed by atoms with Crippen LogP contribution in [0, 0.1) is 5.82 Å². The number of methoxy groups -OCH3 is 1. The number of hydrogen-bond acceptors (Lipinski definition) is 6. The summed E-state index contributed by atoms with van der Waals surface area (Å²) in [4.78, 5) is 2.96. The van der Waals surface area contributed by atoms with Crippen molar-refractivity contribution in [2.75, 3.05) is 29.8 Å². The number of benzene rings is 2. The van der Waals surface area contributed by atoms with E-state index in [0.29, 0.717) is 23.5 Å². The average molecular weight is 476 g/mol. The van der Waals surface area contributed by atoms with Gasteiger partial charge in [0.2, 0.25) is 0 Å². The van der Waals surface area contributed by atoms with E-state index in [0.717, 1.165) is 40.6 Å². The van der Waals surface area contributed by atoms with Gasteiger partial charge in [-0.2, -0.15) is 0 Å². The third-order valence-electron chi connectivity index (χ3n) is 5.30. The Morgan fingerprint density at radius 2 is 1.75 bits per heavy atom. The molecule has 0 saturated carbocycles. The molecule has 2 aromatic carbocycles. The smallest absolute Gasteiger partial charge is 0.271 e. The highest BCUT2D eigenvalue weighted by atomic mass is 32.2. The molecule has 32 heavy (non-hydrogen) atoms. The summed E-state index contributed by atoms with van der Waals surface area (Å²) in [7, 11) is -2.16. The molecule has 3 aromatic rings. The van der Waals surface area contributed by atoms with Gasteiger partial charge in [0.1, 0.15) is 15.8 Å². The van der Waals surface area contributed by atoms with Crippen molar-refractivity contribution in [1.82, 2.24) is 5.32 Å². The maximum absolute atomic E-state index is 13.2. The van der Waals surface area contributed by atoms with Crippen LogP contribution in [0.5, 0.6) is 5.75 Å². The number of nitrogens with zero attached hydrogens (tertiary/aromatic N) is 1. The van der Waals surface area contributed by atoms with Crippen LogP contribution >= 0.6 is 11.3 Å². The molecule has 0 bridgehead atoms. The lowest BCUT2D eigenvalue weighted by molar-refractivity contribution is 0.391. The molecule has 2 N–H and O–H groups in total. The predicted molar refractivity (Wildman–Crippen MR) is 128 cm³/mol. The van der Waals surface area contributed by atoms with E-state index < -0.39 is 10.0 Å². The van der Waals surface area contributed by atoms with E-state index >= 15 is 0 Å². The molecule has 1 aliphatic rings. The normalized spacial score (nSPS) is 19.1. The topological polar surface area (TPSA) is 70.7 Å². The maximum Gasteiger partial charge on any atom is 0.271 e. The summed E-state index contributed by atoms with van der Waals surface area (Å²) < 4.78 is 47.7. The van der Waals surface area contributed by atoms with Crippen LogP contribution in [0.15, 0.2) is 58.8 Å². The standard InChI is InChI=1S/C23H26FN3O3S2/c1-15-13-27(14-16(2)25-15)20-12-19(8-9-21(20)30-3)26-32(28,29)23-11-10-22(31-23)17-4-6-18(24)7-5-17/h4-12,15-16,25-26H,13-14H2,1-3H3. The maximum atomic E-state index is 13.2. The van der Waals surface area contributed by atoms with Gasteiger partial charge in [-0.1, -0.05) is 12.1 Å². The first-order valence-corrected chi connectivity index (χ1v) is 12.6. The second-order valence-electron chi connectivity index (χ2n) is 7.99. The molecule has 2 unspecified atom stereocenters. The van der Waals surface area contributed by atoms with Crippen molar-refractivity contribution in [3.05, 3.63) is 60.4 Å². The Balaban J connectivity index is 1.59. The van der Waals surface area contributed by atoms with Gasteiger partial charge in [0.05, 0.1) is 18.5 Å². The van der Waals surface area contributed by atoms with Crippen LogP contribution in [-0.4, -0.2) is 40.7 Å². The number of anilines is 2. The molecule has 9 heteroatoms. The minimum atomic E-state index is -3.77. The quantitative estimate of drug-likeness (QED) is 0.547. The number of nitrogens with one attached hydrogen (secondary N) is 2. The van der Waals surface area contributed by atoms with E-state index in [1.807, 2.05) is 6.07 Å². The van der Waals surface area contributed by atoms with Crippen molar-refractivity contribution < 1.29 is 17.5 Å². The molecule has 2 atom stereocenters. The zero-order chi connectivity index (χ0) is 22.9. The summed E-state index contributed by atoms with van der Waals surface area (Å²) in [6.45, 7) is 5.83. The first-order valence-electron chi connectivity index (χ1n) is 10.3. The third-order valence-corrected chi connectivity index (χ3v) is 8.31. The van der Waals surface area contributed by atoms with Gasteiger partial charge in [0.25, 0.3) is 10.0 Å². The van der Waals surface area contributed by atoms with Crippen molar-refractivity contribution >= 4 is 32.7 Å². The number of rotatable bonds is 6. The van der Waals surface area contributed by atoms with E-state index in [1.54, 1.807) is 43.5 Å². The number of sulfonamides is 1. The molecule has 1 aliphatic heterocycles. The van der Waals surface area contributed by atoms with Crippen molar-refractivity contribution in [2.45, 2.75) is 30.1 Å². The summed E-state index contributed by atoms with van der Waals surface area (Å²) in [5.41, 5.74) is 2.09. The lowest BCUT2D eigenvalue weighted by Gasteiger charge is -2.38. The van der Waals surface area contributed by atoms with Crippen molar-refractivity contribution in [2.24, 2.45) is 0 Å². The van der Waals surface area contributed by atoms with Gasteiger partial charge in [-0.15, -0.1) is 11.3 Å². The SMILES string of the molecule is COc1ccc(NS(=O)(=O)c2ccc(-c3ccc(F)cc3)s2)cc1N1CC(C)NC(C)C1. The fourth-order valence-corrected chi connectivity index (χ4v) is 6.32. The molecule has 6 nitrogen and oxygen atoms in total. The van der Waals surface area contributed by atoms with Gasteiger partial charge < -0.3 is 15.0 Å². The van der Waals surface area contributed by atoms with E-state index in [1.165, 1.54) is 12.1 Å². The number of hydrogen-bond donors (Lipinski definition) is 2. The Labute approximate surface area is 192 Å². The molecule has 0 aliphatic carbocycles. The fraction of sp³-hybridized carbons (Fsp3) is 0.304. The highest BCUT2D eigenvalue weighted by Crippen LogP contribution is 2.35. The van der Waals surface area contributed by atoms with Crippen molar-refractivity contribution in [3.63, 3.8) is 0 Å². The molecule has 0 radical (unpaired) electrons. The average Bonchev–Trinajstić information content (AvgIpc) is 3.25. The molecule has 1 aromatic heterocycles. The van der Waals surface area contributed by atoms with Crippen LogP contribution in [0.1, 0.15) is 13.8 Å². The molecular formula is C23H26FN3O3S2. The van der Waals surface area contributed by atoms with Crippen LogP contribution in [-0.2, 0) is 10.0 Å². The number of ether oxygens (including phenoxy) is 1. The van der Waals surface area contributed by atoms with E-state index in [-0.39, 0.29) is 10.0 Å². The largest absolute Gasteiger partial charge is 0.495 e. The van der Waals surface area contributed by atoms with Crippen LogP contribution < -0.4 is 19.7 Å². The van der Waals surface area contributed by atoms with Gasteiger partial charge in [-0.25, -0.2) is 12.8 Å². The third kappa shape index (κ3) is 4.90. The summed E-state index contributed by atoms with van der Waals surface area (Å²) in [5.74, 6) is 0.368. The Morgan fingerprint density at radius 3 is 2.41 bits per heavy atom. The van der Waals surface area contributed by atoms with E-state index in [2.05, 4.69) is 28.8 Å². The first-order chi connectivity index (χ1) is 15.2. The molecule has 4 rings (SSSR count). The Hall–Kier alpha value is -2.62. The van der Waals surface area contributed by atoms with Crippen LogP contribution in [0.25, 0.3) is 10.4 Å². The van der Waals surface area contributed by atoms with E-state index in [4.69, 9.17) is 4.74 Å². The van der Waals surface area contributed by atoms with Crippen molar-refractivity contribution in [1.29, 1.82) is 0 Å². The van der Waals surface area contributed by atoms with Gasteiger partial charge in [0, 0.05) is 30.1 Å². The van der Waals surface area contributed by atoms with Gasteiger partial charge in [0.15, 0.2) is 0 Å². The second kappa shape index (κ2) is 9.09. The monoisotopic (exact) mass is 475 g/mol. The Kier molecular flexibility index (Phi) is 6.41. The lowest BCUT2D eigenvalue weighted by Crippen LogP contribution is -2.54. The predicted octanol–water partition coefficient (Wildman–Crippen LogP) is 4.55. The summed E-state index contributed by atoms with van der Waals surface area (Å²) in [6, 6.07) is 15.2. The molecule has 0 spiro atoms. The zero-order valence-electron chi connectivity index (χ0n) is 18.1. The van der Waals surface area contributed by atoms with Gasteiger partial charge >= 0.3 is 0 Å².